The zero-order valence-corrected chi connectivity index (χ0v) is 14.4. The van der Waals surface area contributed by atoms with E-state index in [1.807, 2.05) is 0 Å². The minimum atomic E-state index is 0.342. The molecule has 0 aromatic carbocycles. The summed E-state index contributed by atoms with van der Waals surface area (Å²) in [5.41, 5.74) is 6.02. The number of nitrogens with one attached hydrogen (secondary N) is 1. The molecule has 0 aromatic rings. The lowest BCUT2D eigenvalue weighted by Gasteiger charge is -2.35. The van der Waals surface area contributed by atoms with Gasteiger partial charge >= 0.3 is 0 Å². The fourth-order valence-electron chi connectivity index (χ4n) is 3.64. The predicted molar refractivity (Wildman–Crippen MR) is 92.2 cm³/mol. The summed E-state index contributed by atoms with van der Waals surface area (Å²) >= 11 is 0. The van der Waals surface area contributed by atoms with Crippen molar-refractivity contribution in [3.63, 3.8) is 0 Å². The molecule has 5 nitrogen and oxygen atoms in total. The Hall–Kier alpha value is -0.810. The van der Waals surface area contributed by atoms with Crippen molar-refractivity contribution in [2.75, 3.05) is 26.2 Å². The highest BCUT2D eigenvalue weighted by Gasteiger charge is 2.21. The average Bonchev–Trinajstić information content (AvgIpc) is 2.71. The molecule has 3 N–H and O–H groups in total. The fourth-order valence-corrected chi connectivity index (χ4v) is 3.64. The molecular formula is C17H34N4O. The standard InChI is InChI=1S/C17H34N4O/c1-14-12-21(13-15(2)22-14)11-7-10-19-17(18)20-16-8-5-3-4-6-9-16/h14-16H,3-13H2,1-2H3,(H3,18,19,20). The van der Waals surface area contributed by atoms with Crippen molar-refractivity contribution >= 4 is 5.96 Å². The van der Waals surface area contributed by atoms with E-state index in [1.54, 1.807) is 0 Å². The van der Waals surface area contributed by atoms with E-state index in [4.69, 9.17) is 10.5 Å². The Kier molecular flexibility index (Phi) is 7.46. The quantitative estimate of drug-likeness (QED) is 0.353. The number of aliphatic imine (C=N–C) groups is 1. The van der Waals surface area contributed by atoms with E-state index in [0.29, 0.717) is 24.2 Å². The van der Waals surface area contributed by atoms with Gasteiger partial charge in [-0.05, 0) is 33.1 Å². The van der Waals surface area contributed by atoms with Gasteiger partial charge in [-0.15, -0.1) is 0 Å². The minimum absolute atomic E-state index is 0.342. The van der Waals surface area contributed by atoms with Gasteiger partial charge in [0.2, 0.25) is 0 Å². The number of nitrogens with two attached hydrogens (primary N) is 1. The van der Waals surface area contributed by atoms with E-state index in [1.165, 1.54) is 38.5 Å². The Morgan fingerprint density at radius 3 is 2.41 bits per heavy atom. The largest absolute Gasteiger partial charge is 0.373 e. The number of ether oxygens (including phenoxy) is 1. The van der Waals surface area contributed by atoms with Gasteiger partial charge in [0.1, 0.15) is 0 Å². The van der Waals surface area contributed by atoms with E-state index in [0.717, 1.165) is 32.6 Å². The number of hydrogen-bond acceptors (Lipinski definition) is 3. The maximum absolute atomic E-state index is 6.02. The second-order valence-corrected chi connectivity index (χ2v) is 6.97. The van der Waals surface area contributed by atoms with Crippen LogP contribution in [0, 0.1) is 0 Å². The molecule has 1 saturated carbocycles. The van der Waals surface area contributed by atoms with Crippen LogP contribution in [0.15, 0.2) is 4.99 Å². The molecule has 22 heavy (non-hydrogen) atoms. The summed E-state index contributed by atoms with van der Waals surface area (Å²) in [6, 6.07) is 0.534. The van der Waals surface area contributed by atoms with Crippen molar-refractivity contribution in [3.8, 4) is 0 Å². The third-order valence-corrected chi connectivity index (χ3v) is 4.62. The first-order valence-electron chi connectivity index (χ1n) is 9.07. The van der Waals surface area contributed by atoms with Crippen molar-refractivity contribution in [2.24, 2.45) is 10.7 Å². The Balaban J connectivity index is 1.61. The normalized spacial score (nSPS) is 29.3. The Labute approximate surface area is 135 Å². The van der Waals surface area contributed by atoms with Crippen molar-refractivity contribution in [1.29, 1.82) is 0 Å². The molecule has 2 rings (SSSR count). The molecule has 2 fully saturated rings. The molecule has 2 unspecified atom stereocenters. The molecule has 1 heterocycles. The lowest BCUT2D eigenvalue weighted by molar-refractivity contribution is -0.0679. The molecule has 1 aliphatic carbocycles. The van der Waals surface area contributed by atoms with Gasteiger partial charge in [-0.2, -0.15) is 0 Å². The fraction of sp³-hybridized carbons (Fsp3) is 0.941. The molecule has 0 amide bonds. The highest BCUT2D eigenvalue weighted by atomic mass is 16.5. The molecule has 5 heteroatoms. The first-order valence-corrected chi connectivity index (χ1v) is 9.07. The lowest BCUT2D eigenvalue weighted by atomic mass is 10.1. The van der Waals surface area contributed by atoms with Crippen LogP contribution in [0.2, 0.25) is 0 Å². The molecule has 0 radical (unpaired) electrons. The first-order chi connectivity index (χ1) is 10.6. The number of nitrogens with zero attached hydrogens (tertiary/aromatic N) is 2. The second kappa shape index (κ2) is 9.36. The maximum atomic E-state index is 6.02. The van der Waals surface area contributed by atoms with Gasteiger partial charge < -0.3 is 15.8 Å². The monoisotopic (exact) mass is 310 g/mol. The molecule has 2 atom stereocenters. The zero-order valence-electron chi connectivity index (χ0n) is 14.4. The lowest BCUT2D eigenvalue weighted by Crippen LogP contribution is -2.45. The summed E-state index contributed by atoms with van der Waals surface area (Å²) in [5, 5.41) is 3.41. The summed E-state index contributed by atoms with van der Waals surface area (Å²) in [6.45, 7) is 8.25. The highest BCUT2D eigenvalue weighted by Crippen LogP contribution is 2.17. The first kappa shape index (κ1) is 17.5. The minimum Gasteiger partial charge on any atom is -0.373 e. The van der Waals surface area contributed by atoms with Crippen LogP contribution in [0.1, 0.15) is 58.8 Å². The van der Waals surface area contributed by atoms with E-state index in [-0.39, 0.29) is 0 Å². The number of morpholine rings is 1. The van der Waals surface area contributed by atoms with E-state index >= 15 is 0 Å². The Bertz CT molecular complexity index is 330. The van der Waals surface area contributed by atoms with Gasteiger partial charge in [0.25, 0.3) is 0 Å². The van der Waals surface area contributed by atoms with Gasteiger partial charge in [-0.25, -0.2) is 0 Å². The van der Waals surface area contributed by atoms with E-state index < -0.39 is 0 Å². The van der Waals surface area contributed by atoms with Crippen molar-refractivity contribution < 1.29 is 4.74 Å². The predicted octanol–water partition coefficient (Wildman–Crippen LogP) is 2.11. The van der Waals surface area contributed by atoms with E-state index in [9.17, 15) is 0 Å². The average molecular weight is 310 g/mol. The van der Waals surface area contributed by atoms with Crippen molar-refractivity contribution in [1.82, 2.24) is 10.2 Å². The molecule has 0 bridgehead atoms. The molecule has 1 aliphatic heterocycles. The summed E-state index contributed by atoms with van der Waals surface area (Å²) in [6.07, 6.45) is 9.59. The van der Waals surface area contributed by atoms with Crippen LogP contribution in [0.5, 0.6) is 0 Å². The van der Waals surface area contributed by atoms with E-state index in [2.05, 4.69) is 29.1 Å². The van der Waals surface area contributed by atoms with Gasteiger partial charge in [0.05, 0.1) is 12.2 Å². The number of rotatable bonds is 5. The van der Waals surface area contributed by atoms with Crippen LogP contribution in [0.3, 0.4) is 0 Å². The molecule has 0 spiro atoms. The Morgan fingerprint density at radius 1 is 1.14 bits per heavy atom. The molecular weight excluding hydrogens is 276 g/mol. The van der Waals surface area contributed by atoms with Crippen LogP contribution in [0.4, 0.5) is 0 Å². The summed E-state index contributed by atoms with van der Waals surface area (Å²) in [7, 11) is 0. The Morgan fingerprint density at radius 2 is 1.77 bits per heavy atom. The summed E-state index contributed by atoms with van der Waals surface area (Å²) in [5.74, 6) is 0.635. The van der Waals surface area contributed by atoms with Crippen LogP contribution in [0.25, 0.3) is 0 Å². The van der Waals surface area contributed by atoms with Crippen LogP contribution < -0.4 is 11.1 Å². The summed E-state index contributed by atoms with van der Waals surface area (Å²) < 4.78 is 5.76. The van der Waals surface area contributed by atoms with Crippen LogP contribution in [-0.2, 0) is 4.74 Å². The van der Waals surface area contributed by atoms with Crippen LogP contribution in [-0.4, -0.2) is 55.3 Å². The summed E-state index contributed by atoms with van der Waals surface area (Å²) in [4.78, 5) is 6.97. The van der Waals surface area contributed by atoms with Crippen LogP contribution >= 0.6 is 0 Å². The third-order valence-electron chi connectivity index (χ3n) is 4.62. The third kappa shape index (κ3) is 6.53. The zero-order chi connectivity index (χ0) is 15.8. The molecule has 2 aliphatic rings. The molecule has 128 valence electrons. The van der Waals surface area contributed by atoms with Crippen molar-refractivity contribution in [3.05, 3.63) is 0 Å². The second-order valence-electron chi connectivity index (χ2n) is 6.97. The topological polar surface area (TPSA) is 62.9 Å². The van der Waals surface area contributed by atoms with Gasteiger partial charge in [-0.3, -0.25) is 9.89 Å². The van der Waals surface area contributed by atoms with Gasteiger partial charge in [0.15, 0.2) is 5.96 Å². The highest BCUT2D eigenvalue weighted by molar-refractivity contribution is 5.78. The maximum Gasteiger partial charge on any atom is 0.188 e. The van der Waals surface area contributed by atoms with Gasteiger partial charge in [0, 0.05) is 32.2 Å². The smallest absolute Gasteiger partial charge is 0.188 e. The SMILES string of the molecule is CC1CN(CCCN=C(N)NC2CCCCCC2)CC(C)O1. The number of guanidine groups is 1. The van der Waals surface area contributed by atoms with Crippen molar-refractivity contribution in [2.45, 2.75) is 77.0 Å². The number of hydrogen-bond donors (Lipinski definition) is 2. The van der Waals surface area contributed by atoms with Gasteiger partial charge in [-0.1, -0.05) is 25.7 Å². The molecule has 1 saturated heterocycles. The molecule has 0 aromatic heterocycles.